The van der Waals surface area contributed by atoms with Gasteiger partial charge in [-0.05, 0) is 39.4 Å². The van der Waals surface area contributed by atoms with E-state index in [0.29, 0.717) is 6.04 Å². The lowest BCUT2D eigenvalue weighted by Gasteiger charge is -2.15. The van der Waals surface area contributed by atoms with Gasteiger partial charge >= 0.3 is 0 Å². The van der Waals surface area contributed by atoms with Crippen molar-refractivity contribution in [3.63, 3.8) is 0 Å². The molecule has 16 heavy (non-hydrogen) atoms. The highest BCUT2D eigenvalue weighted by Gasteiger charge is 2.24. The van der Waals surface area contributed by atoms with Crippen molar-refractivity contribution in [2.75, 3.05) is 11.6 Å². The predicted octanol–water partition coefficient (Wildman–Crippen LogP) is 2.79. The van der Waals surface area contributed by atoms with Gasteiger partial charge in [-0.2, -0.15) is 11.8 Å². The SMILES string of the molecule is CSC1CCC(Nc2nc(C)cnc2C)C1. The van der Waals surface area contributed by atoms with Gasteiger partial charge in [0.2, 0.25) is 0 Å². The molecular formula is C12H19N3S. The minimum absolute atomic E-state index is 0.576. The third-order valence-corrected chi connectivity index (χ3v) is 4.23. The number of hydrogen-bond acceptors (Lipinski definition) is 4. The average molecular weight is 237 g/mol. The summed E-state index contributed by atoms with van der Waals surface area (Å²) < 4.78 is 0. The highest BCUT2D eigenvalue weighted by Crippen LogP contribution is 2.30. The summed E-state index contributed by atoms with van der Waals surface area (Å²) in [6.45, 7) is 3.99. The normalized spacial score (nSPS) is 24.7. The summed E-state index contributed by atoms with van der Waals surface area (Å²) >= 11 is 1.98. The number of nitrogens with zero attached hydrogens (tertiary/aromatic N) is 2. The van der Waals surface area contributed by atoms with Crippen molar-refractivity contribution in [2.24, 2.45) is 0 Å². The molecule has 0 bridgehead atoms. The van der Waals surface area contributed by atoms with Crippen LogP contribution in [0.4, 0.5) is 5.82 Å². The van der Waals surface area contributed by atoms with Crippen LogP contribution in [-0.4, -0.2) is 27.5 Å². The van der Waals surface area contributed by atoms with Crippen LogP contribution in [-0.2, 0) is 0 Å². The molecule has 3 nitrogen and oxygen atoms in total. The molecule has 1 heterocycles. The van der Waals surface area contributed by atoms with Crippen molar-refractivity contribution in [1.29, 1.82) is 0 Å². The first-order chi connectivity index (χ1) is 7.69. The Morgan fingerprint density at radius 3 is 2.88 bits per heavy atom. The molecule has 1 aliphatic carbocycles. The Hall–Kier alpha value is -0.770. The Kier molecular flexibility index (Phi) is 3.69. The molecule has 4 heteroatoms. The molecule has 1 aliphatic rings. The highest BCUT2D eigenvalue weighted by molar-refractivity contribution is 7.99. The van der Waals surface area contributed by atoms with E-state index in [1.54, 1.807) is 0 Å². The van der Waals surface area contributed by atoms with E-state index in [4.69, 9.17) is 0 Å². The summed E-state index contributed by atoms with van der Waals surface area (Å²) in [6, 6.07) is 0.576. The Morgan fingerprint density at radius 2 is 2.19 bits per heavy atom. The smallest absolute Gasteiger partial charge is 0.147 e. The molecule has 1 aromatic rings. The van der Waals surface area contributed by atoms with E-state index in [9.17, 15) is 0 Å². The summed E-state index contributed by atoms with van der Waals surface area (Å²) in [4.78, 5) is 8.84. The summed E-state index contributed by atoms with van der Waals surface area (Å²) in [6.07, 6.45) is 7.83. The molecule has 1 N–H and O–H groups in total. The zero-order valence-electron chi connectivity index (χ0n) is 10.2. The van der Waals surface area contributed by atoms with Crippen LogP contribution in [0.5, 0.6) is 0 Å². The maximum atomic E-state index is 4.51. The van der Waals surface area contributed by atoms with Crippen LogP contribution in [0.3, 0.4) is 0 Å². The third-order valence-electron chi connectivity index (χ3n) is 3.13. The molecule has 0 saturated heterocycles. The largest absolute Gasteiger partial charge is 0.366 e. The Balaban J connectivity index is 2.01. The van der Waals surface area contributed by atoms with E-state index in [2.05, 4.69) is 21.5 Å². The molecule has 2 atom stereocenters. The van der Waals surface area contributed by atoms with Crippen molar-refractivity contribution < 1.29 is 0 Å². The van der Waals surface area contributed by atoms with Gasteiger partial charge in [-0.1, -0.05) is 0 Å². The number of nitrogens with one attached hydrogen (secondary N) is 1. The second-order valence-corrected chi connectivity index (χ2v) is 5.60. The average Bonchev–Trinajstić information content (AvgIpc) is 2.71. The summed E-state index contributed by atoms with van der Waals surface area (Å²) in [5, 5.41) is 4.34. The van der Waals surface area contributed by atoms with Crippen LogP contribution in [0.1, 0.15) is 30.7 Å². The molecule has 0 aliphatic heterocycles. The first-order valence-corrected chi connectivity index (χ1v) is 7.07. The quantitative estimate of drug-likeness (QED) is 0.877. The van der Waals surface area contributed by atoms with E-state index in [0.717, 1.165) is 22.5 Å². The van der Waals surface area contributed by atoms with Crippen molar-refractivity contribution in [3.8, 4) is 0 Å². The molecule has 1 saturated carbocycles. The molecule has 0 aromatic carbocycles. The van der Waals surface area contributed by atoms with Gasteiger partial charge in [-0.25, -0.2) is 4.98 Å². The van der Waals surface area contributed by atoms with Gasteiger partial charge in [-0.3, -0.25) is 4.98 Å². The van der Waals surface area contributed by atoms with Gasteiger partial charge in [-0.15, -0.1) is 0 Å². The van der Waals surface area contributed by atoms with Gasteiger partial charge in [0, 0.05) is 17.5 Å². The third kappa shape index (κ3) is 2.67. The molecule has 2 unspecified atom stereocenters. The Labute approximate surface area is 101 Å². The predicted molar refractivity (Wildman–Crippen MR) is 70.1 cm³/mol. The zero-order valence-corrected chi connectivity index (χ0v) is 11.0. The van der Waals surface area contributed by atoms with E-state index in [1.807, 2.05) is 31.8 Å². The molecule has 2 rings (SSSR count). The zero-order chi connectivity index (χ0) is 11.5. The minimum atomic E-state index is 0.576. The van der Waals surface area contributed by atoms with Crippen LogP contribution in [0.15, 0.2) is 6.20 Å². The molecular weight excluding hydrogens is 218 g/mol. The van der Waals surface area contributed by atoms with Gasteiger partial charge in [0.15, 0.2) is 0 Å². The fourth-order valence-electron chi connectivity index (χ4n) is 2.15. The number of aryl methyl sites for hydroxylation is 2. The number of hydrogen-bond donors (Lipinski definition) is 1. The van der Waals surface area contributed by atoms with Gasteiger partial charge in [0.25, 0.3) is 0 Å². The highest BCUT2D eigenvalue weighted by atomic mass is 32.2. The summed E-state index contributed by atoms with van der Waals surface area (Å²) in [5.41, 5.74) is 1.98. The van der Waals surface area contributed by atoms with Gasteiger partial charge < -0.3 is 5.32 Å². The first-order valence-electron chi connectivity index (χ1n) is 5.78. The van der Waals surface area contributed by atoms with Crippen molar-refractivity contribution in [2.45, 2.75) is 44.4 Å². The fraction of sp³-hybridized carbons (Fsp3) is 0.667. The van der Waals surface area contributed by atoms with Crippen molar-refractivity contribution >= 4 is 17.6 Å². The summed E-state index contributed by atoms with van der Waals surface area (Å²) in [5.74, 6) is 0.965. The minimum Gasteiger partial charge on any atom is -0.366 e. The van der Waals surface area contributed by atoms with E-state index in [-0.39, 0.29) is 0 Å². The van der Waals surface area contributed by atoms with E-state index < -0.39 is 0 Å². The van der Waals surface area contributed by atoms with E-state index in [1.165, 1.54) is 19.3 Å². The lowest BCUT2D eigenvalue weighted by molar-refractivity contribution is 0.748. The Bertz CT molecular complexity index is 367. The van der Waals surface area contributed by atoms with Crippen molar-refractivity contribution in [1.82, 2.24) is 9.97 Å². The second-order valence-electron chi connectivity index (χ2n) is 4.46. The number of rotatable bonds is 3. The molecule has 1 aromatic heterocycles. The first kappa shape index (κ1) is 11.7. The van der Waals surface area contributed by atoms with Crippen molar-refractivity contribution in [3.05, 3.63) is 17.6 Å². The molecule has 0 spiro atoms. The van der Waals surface area contributed by atoms with Gasteiger partial charge in [0.1, 0.15) is 5.82 Å². The monoisotopic (exact) mass is 237 g/mol. The molecule has 88 valence electrons. The number of thioether (sulfide) groups is 1. The Morgan fingerprint density at radius 1 is 1.38 bits per heavy atom. The molecule has 1 fully saturated rings. The van der Waals surface area contributed by atoms with Crippen LogP contribution in [0.25, 0.3) is 0 Å². The lowest BCUT2D eigenvalue weighted by Crippen LogP contribution is -2.18. The number of anilines is 1. The van der Waals surface area contributed by atoms with Gasteiger partial charge in [0.05, 0.1) is 11.4 Å². The molecule has 0 radical (unpaired) electrons. The van der Waals surface area contributed by atoms with E-state index >= 15 is 0 Å². The summed E-state index contributed by atoms with van der Waals surface area (Å²) in [7, 11) is 0. The maximum Gasteiger partial charge on any atom is 0.147 e. The second kappa shape index (κ2) is 5.04. The van der Waals surface area contributed by atoms with Crippen LogP contribution in [0, 0.1) is 13.8 Å². The standard InChI is InChI=1S/C12H19N3S/c1-8-7-13-9(2)12(14-8)15-10-4-5-11(6-10)16-3/h7,10-11H,4-6H2,1-3H3,(H,14,15). The fourth-order valence-corrected chi connectivity index (χ4v) is 2.95. The topological polar surface area (TPSA) is 37.8 Å². The number of aromatic nitrogens is 2. The lowest BCUT2D eigenvalue weighted by atomic mass is 10.2. The van der Waals surface area contributed by atoms with Crippen LogP contribution in [0.2, 0.25) is 0 Å². The molecule has 0 amide bonds. The maximum absolute atomic E-state index is 4.51. The van der Waals surface area contributed by atoms with Crippen LogP contribution < -0.4 is 5.32 Å². The van der Waals surface area contributed by atoms with Crippen LogP contribution >= 0.6 is 11.8 Å².